The first-order chi connectivity index (χ1) is 16.4. The molecule has 0 saturated heterocycles. The van der Waals surface area contributed by atoms with E-state index in [-0.39, 0.29) is 23.5 Å². The van der Waals surface area contributed by atoms with Crippen LogP contribution in [0.2, 0.25) is 0 Å². The largest absolute Gasteiger partial charge is 0.492 e. The highest BCUT2D eigenvalue weighted by atomic mass is 79.9. The van der Waals surface area contributed by atoms with Crippen molar-refractivity contribution in [1.29, 1.82) is 0 Å². The summed E-state index contributed by atoms with van der Waals surface area (Å²) in [6, 6.07) is 12.5. The number of amides is 2. The average Bonchev–Trinajstić information content (AvgIpc) is 3.06. The number of halogens is 1. The SMILES string of the molecule is CCOC(=O)Cc1ccc(N2C(=O)c3c(c(OCC)c4ccccc4c3OCC)C2=O)c(Br)c1. The molecule has 3 aromatic rings. The number of benzene rings is 3. The summed E-state index contributed by atoms with van der Waals surface area (Å²) < 4.78 is 17.3. The van der Waals surface area contributed by atoms with Gasteiger partial charge in [-0.05, 0) is 54.4 Å². The maximum Gasteiger partial charge on any atom is 0.310 e. The number of anilines is 1. The Morgan fingerprint density at radius 2 is 1.41 bits per heavy atom. The lowest BCUT2D eigenvalue weighted by Gasteiger charge is -2.17. The van der Waals surface area contributed by atoms with E-state index in [0.29, 0.717) is 57.8 Å². The van der Waals surface area contributed by atoms with Crippen molar-refractivity contribution in [3.63, 3.8) is 0 Å². The van der Waals surface area contributed by atoms with Crippen LogP contribution in [0.25, 0.3) is 10.8 Å². The molecule has 7 nitrogen and oxygen atoms in total. The number of nitrogens with zero attached hydrogens (tertiary/aromatic N) is 1. The molecule has 0 aliphatic carbocycles. The number of ether oxygens (including phenoxy) is 3. The zero-order valence-electron chi connectivity index (χ0n) is 19.1. The fraction of sp³-hybridized carbons (Fsp3) is 0.269. The van der Waals surface area contributed by atoms with Gasteiger partial charge >= 0.3 is 5.97 Å². The van der Waals surface area contributed by atoms with Gasteiger partial charge in [-0.3, -0.25) is 14.4 Å². The molecule has 1 aliphatic rings. The summed E-state index contributed by atoms with van der Waals surface area (Å²) in [4.78, 5) is 40.3. The second-order valence-electron chi connectivity index (χ2n) is 7.53. The van der Waals surface area contributed by atoms with Crippen molar-refractivity contribution in [2.75, 3.05) is 24.7 Å². The van der Waals surface area contributed by atoms with Gasteiger partial charge in [0.1, 0.15) is 11.5 Å². The minimum atomic E-state index is -0.492. The first-order valence-corrected chi connectivity index (χ1v) is 11.9. The van der Waals surface area contributed by atoms with Crippen molar-refractivity contribution in [3.8, 4) is 11.5 Å². The molecule has 4 rings (SSSR count). The first kappa shape index (κ1) is 23.8. The molecule has 8 heteroatoms. The molecule has 2 amide bonds. The molecule has 0 radical (unpaired) electrons. The van der Waals surface area contributed by atoms with Gasteiger partial charge in [0.25, 0.3) is 11.8 Å². The summed E-state index contributed by atoms with van der Waals surface area (Å²) in [7, 11) is 0. The minimum absolute atomic E-state index is 0.0865. The molecule has 34 heavy (non-hydrogen) atoms. The van der Waals surface area contributed by atoms with Gasteiger partial charge in [-0.2, -0.15) is 0 Å². The van der Waals surface area contributed by atoms with Crippen LogP contribution in [0, 0.1) is 0 Å². The van der Waals surface area contributed by atoms with Gasteiger partial charge in [0, 0.05) is 15.2 Å². The van der Waals surface area contributed by atoms with Crippen LogP contribution in [0.5, 0.6) is 11.5 Å². The molecule has 0 N–H and O–H groups in total. The molecule has 0 unspecified atom stereocenters. The standard InChI is InChI=1S/C26H24BrNO6/c1-4-32-20(29)14-15-11-12-19(18(27)13-15)28-25(30)21-22(26(28)31)24(34-6-3)17-10-8-7-9-16(17)23(21)33-5-2/h7-13H,4-6,14H2,1-3H3. The van der Waals surface area contributed by atoms with Gasteiger partial charge in [0.2, 0.25) is 0 Å². The Morgan fingerprint density at radius 3 is 1.88 bits per heavy atom. The van der Waals surface area contributed by atoms with Gasteiger partial charge in [-0.15, -0.1) is 0 Å². The second kappa shape index (κ2) is 9.85. The molecule has 0 spiro atoms. The van der Waals surface area contributed by atoms with Crippen molar-refractivity contribution >= 4 is 50.2 Å². The maximum atomic E-state index is 13.7. The number of fused-ring (bicyclic) bond motifs is 2. The van der Waals surface area contributed by atoms with Crippen LogP contribution in [0.3, 0.4) is 0 Å². The summed E-state index contributed by atoms with van der Waals surface area (Å²) in [6.45, 7) is 6.36. The lowest BCUT2D eigenvalue weighted by atomic mass is 9.99. The Morgan fingerprint density at radius 1 is 0.853 bits per heavy atom. The van der Waals surface area contributed by atoms with Gasteiger partial charge in [-0.1, -0.05) is 30.3 Å². The van der Waals surface area contributed by atoms with Crippen molar-refractivity contribution in [3.05, 3.63) is 63.6 Å². The Balaban J connectivity index is 1.85. The number of esters is 1. The van der Waals surface area contributed by atoms with Crippen molar-refractivity contribution in [2.45, 2.75) is 27.2 Å². The van der Waals surface area contributed by atoms with Crippen LogP contribution in [-0.2, 0) is 16.0 Å². The van der Waals surface area contributed by atoms with Crippen molar-refractivity contribution in [1.82, 2.24) is 0 Å². The number of carbonyl (C=O) groups excluding carboxylic acids is 3. The fourth-order valence-electron chi connectivity index (χ4n) is 4.13. The third-order valence-electron chi connectivity index (χ3n) is 5.44. The van der Waals surface area contributed by atoms with Crippen LogP contribution in [0.15, 0.2) is 46.9 Å². The summed E-state index contributed by atoms with van der Waals surface area (Å²) in [5.74, 6) is -0.597. The van der Waals surface area contributed by atoms with E-state index in [9.17, 15) is 14.4 Å². The normalized spacial score (nSPS) is 12.8. The molecule has 0 fully saturated rings. The minimum Gasteiger partial charge on any atom is -0.492 e. The van der Waals surface area contributed by atoms with E-state index >= 15 is 0 Å². The summed E-state index contributed by atoms with van der Waals surface area (Å²) >= 11 is 3.47. The van der Waals surface area contributed by atoms with Gasteiger partial charge in [0.15, 0.2) is 0 Å². The highest BCUT2D eigenvalue weighted by molar-refractivity contribution is 9.10. The van der Waals surface area contributed by atoms with E-state index in [1.807, 2.05) is 38.1 Å². The Bertz CT molecular complexity index is 1240. The third kappa shape index (κ3) is 4.03. The number of hydrogen-bond donors (Lipinski definition) is 0. The predicted octanol–water partition coefficient (Wildman–Crippen LogP) is 5.31. The van der Waals surface area contributed by atoms with E-state index in [1.165, 1.54) is 0 Å². The molecular formula is C26H24BrNO6. The lowest BCUT2D eigenvalue weighted by molar-refractivity contribution is -0.142. The third-order valence-corrected chi connectivity index (χ3v) is 6.07. The number of rotatable bonds is 8. The van der Waals surface area contributed by atoms with E-state index in [0.717, 1.165) is 4.90 Å². The molecule has 1 heterocycles. The summed E-state index contributed by atoms with van der Waals surface area (Å²) in [6.07, 6.45) is 0.0865. The zero-order chi connectivity index (χ0) is 24.4. The second-order valence-corrected chi connectivity index (χ2v) is 8.39. The van der Waals surface area contributed by atoms with E-state index in [4.69, 9.17) is 14.2 Å². The molecule has 0 atom stereocenters. The van der Waals surface area contributed by atoms with Gasteiger partial charge in [-0.25, -0.2) is 4.90 Å². The number of hydrogen-bond acceptors (Lipinski definition) is 6. The number of imide groups is 1. The Hall–Kier alpha value is -3.39. The van der Waals surface area contributed by atoms with Crippen LogP contribution < -0.4 is 14.4 Å². The molecular weight excluding hydrogens is 502 g/mol. The highest BCUT2D eigenvalue weighted by Gasteiger charge is 2.44. The van der Waals surface area contributed by atoms with E-state index < -0.39 is 11.8 Å². The van der Waals surface area contributed by atoms with E-state index in [1.54, 1.807) is 25.1 Å². The Labute approximate surface area is 205 Å². The molecule has 0 saturated carbocycles. The summed E-state index contributed by atoms with van der Waals surface area (Å²) in [5.41, 5.74) is 1.45. The summed E-state index contributed by atoms with van der Waals surface area (Å²) in [5, 5.41) is 1.41. The number of carbonyl (C=O) groups is 3. The monoisotopic (exact) mass is 525 g/mol. The molecule has 176 valence electrons. The van der Waals surface area contributed by atoms with Crippen LogP contribution in [0.4, 0.5) is 5.69 Å². The fourth-order valence-corrected chi connectivity index (χ4v) is 4.73. The molecule has 1 aliphatic heterocycles. The predicted molar refractivity (Wildman–Crippen MR) is 132 cm³/mol. The quantitative estimate of drug-likeness (QED) is 0.293. The lowest BCUT2D eigenvalue weighted by Crippen LogP contribution is -2.30. The molecule has 0 bridgehead atoms. The van der Waals surface area contributed by atoms with Crippen LogP contribution >= 0.6 is 15.9 Å². The van der Waals surface area contributed by atoms with Crippen molar-refractivity contribution in [2.24, 2.45) is 0 Å². The van der Waals surface area contributed by atoms with Gasteiger partial charge in [0.05, 0.1) is 43.1 Å². The smallest absolute Gasteiger partial charge is 0.310 e. The van der Waals surface area contributed by atoms with Crippen LogP contribution in [-0.4, -0.2) is 37.6 Å². The molecule has 0 aromatic heterocycles. The maximum absolute atomic E-state index is 13.7. The van der Waals surface area contributed by atoms with E-state index in [2.05, 4.69) is 15.9 Å². The van der Waals surface area contributed by atoms with Crippen LogP contribution in [0.1, 0.15) is 47.1 Å². The Kier molecular flexibility index (Phi) is 6.88. The van der Waals surface area contributed by atoms with Gasteiger partial charge < -0.3 is 14.2 Å². The highest BCUT2D eigenvalue weighted by Crippen LogP contribution is 2.46. The van der Waals surface area contributed by atoms with Crippen molar-refractivity contribution < 1.29 is 28.6 Å². The average molecular weight is 526 g/mol. The zero-order valence-corrected chi connectivity index (χ0v) is 20.7. The molecule has 3 aromatic carbocycles. The topological polar surface area (TPSA) is 82.1 Å². The first-order valence-electron chi connectivity index (χ1n) is 11.1.